The van der Waals surface area contributed by atoms with Gasteiger partial charge in [0.15, 0.2) is 0 Å². The fourth-order valence-electron chi connectivity index (χ4n) is 0.684. The monoisotopic (exact) mass is 430 g/mol. The van der Waals surface area contributed by atoms with Crippen molar-refractivity contribution in [2.75, 3.05) is 0 Å². The molecule has 0 aliphatic carbocycles. The molecule has 0 aromatic carbocycles. The zero-order valence-corrected chi connectivity index (χ0v) is 22.1. The molecule has 0 bridgehead atoms. The van der Waals surface area contributed by atoms with Gasteiger partial charge in [-0.25, -0.2) is 0 Å². The molecule has 0 radical (unpaired) electrons. The minimum atomic E-state index is -5.17. The first-order chi connectivity index (χ1) is 7.78. The van der Waals surface area contributed by atoms with Crippen molar-refractivity contribution in [1.29, 1.82) is 0 Å². The van der Waals surface area contributed by atoms with Gasteiger partial charge in [0, 0.05) is 35.2 Å². The van der Waals surface area contributed by atoms with Crippen LogP contribution in [0.25, 0.3) is 0 Å². The van der Waals surface area contributed by atoms with E-state index in [0.717, 1.165) is 0 Å². The molecule has 0 rings (SSSR count). The van der Waals surface area contributed by atoms with Gasteiger partial charge in [0.25, 0.3) is 0 Å². The first-order valence-corrected chi connectivity index (χ1v) is 5.11. The Morgan fingerprint density at radius 2 is 1.00 bits per heavy atom. The van der Waals surface area contributed by atoms with Gasteiger partial charge in [-0.3, -0.25) is 8.42 Å². The molecule has 0 atom stereocenters. The summed E-state index contributed by atoms with van der Waals surface area (Å²) < 4.78 is 34.1. The molecule has 0 aromatic heterocycles. The second kappa shape index (κ2) is 23.5. The molecule has 0 aliphatic rings. The smallest absolute Gasteiger partial charge is 0.759 e. The van der Waals surface area contributed by atoms with Gasteiger partial charge in [0.1, 0.15) is 5.60 Å². The van der Waals surface area contributed by atoms with Crippen LogP contribution in [0.4, 0.5) is 0 Å². The largest absolute Gasteiger partial charge is 2.00 e. The van der Waals surface area contributed by atoms with Crippen molar-refractivity contribution in [2.45, 2.75) is 18.4 Å². The van der Waals surface area contributed by atoms with Gasteiger partial charge in [0.2, 0.25) is 0 Å². The van der Waals surface area contributed by atoms with Gasteiger partial charge in [-0.1, -0.05) is 0 Å². The number of aliphatic carboxylic acids is 3. The SMILES string of the molecule is O.O.O=C([O-])CC(O)(CC(=O)[O-])C(=O)[O-].O=S(=O)([O-])[O-].[Ca+2].[Na+].[Na+].[Na+]. The third kappa shape index (κ3) is 39.5. The summed E-state index contributed by atoms with van der Waals surface area (Å²) in [6.07, 6.45) is -2.72. The number of carboxylic acids is 3. The van der Waals surface area contributed by atoms with E-state index in [0.29, 0.717) is 0 Å². The summed E-state index contributed by atoms with van der Waals surface area (Å²) in [5, 5.41) is 38.9. The predicted molar refractivity (Wildman–Crippen MR) is 52.7 cm³/mol. The molecule has 18 heteroatoms. The Morgan fingerprint density at radius 3 is 1.08 bits per heavy atom. The first kappa shape index (κ1) is 50.3. The number of carbonyl (C=O) groups is 3. The molecule has 0 saturated carbocycles. The normalized spacial score (nSPS) is 8.29. The molecule has 0 unspecified atom stereocenters. The topological polar surface area (TPSA) is 284 Å². The van der Waals surface area contributed by atoms with Crippen molar-refractivity contribution in [1.82, 2.24) is 0 Å². The average molecular weight is 430 g/mol. The summed E-state index contributed by atoms with van der Waals surface area (Å²) in [6.45, 7) is 0. The molecule has 0 aliphatic heterocycles. The van der Waals surface area contributed by atoms with Gasteiger partial charge in [0.05, 0.1) is 5.97 Å². The molecule has 24 heavy (non-hydrogen) atoms. The maximum Gasteiger partial charge on any atom is 2.00 e. The van der Waals surface area contributed by atoms with E-state index in [4.69, 9.17) is 22.6 Å². The molecule has 0 aromatic rings. The second-order valence-electron chi connectivity index (χ2n) is 2.82. The molecule has 0 spiro atoms. The number of rotatable bonds is 5. The van der Waals surface area contributed by atoms with Crippen LogP contribution in [0.3, 0.4) is 0 Å². The summed E-state index contributed by atoms with van der Waals surface area (Å²) in [5.41, 5.74) is -2.97. The Kier molecular flexibility index (Phi) is 49.2. The maximum atomic E-state index is 10.1. The van der Waals surface area contributed by atoms with Gasteiger partial charge in [-0.15, -0.1) is 0 Å². The molecule has 122 valence electrons. The van der Waals surface area contributed by atoms with Crippen LogP contribution in [-0.2, 0) is 24.8 Å². The van der Waals surface area contributed by atoms with Crippen LogP contribution in [0, 0.1) is 0 Å². The fourth-order valence-corrected chi connectivity index (χ4v) is 0.684. The average Bonchev–Trinajstić information content (AvgIpc) is 1.95. The number of carboxylic acid groups (broad SMARTS) is 3. The van der Waals surface area contributed by atoms with Crippen LogP contribution in [0.2, 0.25) is 0 Å². The summed E-state index contributed by atoms with van der Waals surface area (Å²) in [6, 6.07) is 0. The van der Waals surface area contributed by atoms with E-state index in [9.17, 15) is 29.7 Å². The molecule has 0 amide bonds. The van der Waals surface area contributed by atoms with E-state index in [1.54, 1.807) is 0 Å². The number of aliphatic hydroxyl groups is 1. The predicted octanol–water partition coefficient (Wildman–Crippen LogP) is -17.6. The minimum absolute atomic E-state index is 0. The maximum absolute atomic E-state index is 10.1. The van der Waals surface area contributed by atoms with E-state index >= 15 is 0 Å². The molecular weight excluding hydrogens is 421 g/mol. The van der Waals surface area contributed by atoms with Crippen molar-refractivity contribution in [3.8, 4) is 0 Å². The third-order valence-electron chi connectivity index (χ3n) is 1.25. The van der Waals surface area contributed by atoms with Crippen LogP contribution in [-0.4, -0.2) is 94.8 Å². The molecule has 0 saturated heterocycles. The van der Waals surface area contributed by atoms with E-state index in [2.05, 4.69) is 0 Å². The van der Waals surface area contributed by atoms with Gasteiger partial charge in [-0.05, 0) is 0 Å². The van der Waals surface area contributed by atoms with Crippen LogP contribution < -0.4 is 104 Å². The quantitative estimate of drug-likeness (QED) is 0.242. The van der Waals surface area contributed by atoms with Crippen molar-refractivity contribution in [3.05, 3.63) is 0 Å². The summed E-state index contributed by atoms with van der Waals surface area (Å²) in [7, 11) is -5.17. The van der Waals surface area contributed by atoms with Crippen molar-refractivity contribution >= 4 is 66.0 Å². The third-order valence-corrected chi connectivity index (χ3v) is 1.25. The Balaban J connectivity index is -0.0000000347. The van der Waals surface area contributed by atoms with Crippen molar-refractivity contribution in [2.24, 2.45) is 0 Å². The number of carbonyl (C=O) groups excluding carboxylic acids is 3. The molecule has 0 heterocycles. The Hall–Kier alpha value is 2.42. The molecule has 0 fully saturated rings. The second-order valence-corrected chi connectivity index (χ2v) is 3.64. The zero-order valence-electron chi connectivity index (χ0n) is 13.1. The summed E-state index contributed by atoms with van der Waals surface area (Å²) >= 11 is 0. The Labute approximate surface area is 232 Å². The van der Waals surface area contributed by atoms with Gasteiger partial charge in [-0.2, -0.15) is 0 Å². The fraction of sp³-hybridized carbons (Fsp3) is 0.500. The minimum Gasteiger partial charge on any atom is -0.759 e. The van der Waals surface area contributed by atoms with Crippen LogP contribution in [0.1, 0.15) is 12.8 Å². The Bertz CT molecular complexity index is 417. The summed E-state index contributed by atoms with van der Waals surface area (Å²) in [4.78, 5) is 30.0. The van der Waals surface area contributed by atoms with E-state index in [1.165, 1.54) is 0 Å². The Morgan fingerprint density at radius 1 is 0.833 bits per heavy atom. The van der Waals surface area contributed by atoms with Crippen molar-refractivity contribution in [3.63, 3.8) is 0 Å². The van der Waals surface area contributed by atoms with Crippen LogP contribution in [0.5, 0.6) is 0 Å². The van der Waals surface area contributed by atoms with Crippen molar-refractivity contribution < 1.29 is 152 Å². The van der Waals surface area contributed by atoms with E-state index in [-0.39, 0.29) is 137 Å². The first-order valence-electron chi connectivity index (χ1n) is 3.78. The van der Waals surface area contributed by atoms with Gasteiger partial charge < -0.3 is 54.9 Å². The molecule has 13 nitrogen and oxygen atoms in total. The standard InChI is InChI=1S/C6H8O7.Ca.3Na.H2O4S.2H2O/c7-3(8)1-6(13,5(11)12)2-4(9)10;;;;;1-5(2,3)4;;/h13H,1-2H2,(H,7,8)(H,9,10)(H,11,12);;;;;(H2,1,2,3,4);2*1H2/q;+2;3*+1;;;/p-5. The summed E-state index contributed by atoms with van der Waals surface area (Å²) in [5.74, 6) is -5.98. The van der Waals surface area contributed by atoms with E-state index < -0.39 is 46.7 Å². The number of hydrogen-bond donors (Lipinski definition) is 1. The molecule has 5 N–H and O–H groups in total. The number of hydrogen-bond acceptors (Lipinski definition) is 11. The zero-order chi connectivity index (χ0) is 15.1. The van der Waals surface area contributed by atoms with Gasteiger partial charge >= 0.3 is 126 Å². The van der Waals surface area contributed by atoms with Crippen LogP contribution >= 0.6 is 0 Å². The van der Waals surface area contributed by atoms with Crippen LogP contribution in [0.15, 0.2) is 0 Å². The van der Waals surface area contributed by atoms with E-state index in [1.807, 2.05) is 0 Å². The molecular formula is C6H9CaNa3O13S.